The van der Waals surface area contributed by atoms with E-state index in [9.17, 15) is 22.8 Å². The summed E-state index contributed by atoms with van der Waals surface area (Å²) < 4.78 is 46.4. The number of rotatable bonds is 8. The van der Waals surface area contributed by atoms with Gasteiger partial charge in [0, 0.05) is 12.2 Å². The maximum atomic E-state index is 14.0. The van der Waals surface area contributed by atoms with Crippen molar-refractivity contribution in [3.63, 3.8) is 0 Å². The predicted molar refractivity (Wildman–Crippen MR) is 159 cm³/mol. The van der Waals surface area contributed by atoms with Gasteiger partial charge in [0.2, 0.25) is 0 Å². The van der Waals surface area contributed by atoms with E-state index in [2.05, 4.69) is 5.32 Å². The maximum absolute atomic E-state index is 14.0. The van der Waals surface area contributed by atoms with Gasteiger partial charge in [0.15, 0.2) is 0 Å². The molecular formula is C33H29F3N4O3. The first-order valence-corrected chi connectivity index (χ1v) is 13.6. The van der Waals surface area contributed by atoms with E-state index in [1.54, 1.807) is 48.5 Å². The highest BCUT2D eigenvalue weighted by atomic mass is 19.4. The Morgan fingerprint density at radius 1 is 0.930 bits per heavy atom. The van der Waals surface area contributed by atoms with Crippen molar-refractivity contribution in [2.45, 2.75) is 32.1 Å². The first kappa shape index (κ1) is 29.4. The van der Waals surface area contributed by atoms with Crippen molar-refractivity contribution >= 4 is 22.6 Å². The van der Waals surface area contributed by atoms with Crippen LogP contribution in [0.2, 0.25) is 0 Å². The van der Waals surface area contributed by atoms with Crippen molar-refractivity contribution in [2.24, 2.45) is 0 Å². The number of aromatic nitrogens is 2. The highest BCUT2D eigenvalue weighted by molar-refractivity contribution is 5.89. The van der Waals surface area contributed by atoms with Crippen LogP contribution in [0.3, 0.4) is 0 Å². The zero-order valence-corrected chi connectivity index (χ0v) is 23.5. The standard InChI is InChI=1S/C33H29F3N4O3/c1-3-27(30-38-26-14-8-7-13-25(26)31(41)40(30)28-15-9-10-16-29(28)43-2)39(21-22-11-5-4-6-12-22)32(42)37-24-19-17-23(18-20-24)33(34,35)36/h4-20,27H,3,21H2,1-2H3,(H,37,42). The Labute approximate surface area is 246 Å². The molecule has 0 aliphatic carbocycles. The molecule has 0 fully saturated rings. The Hall–Kier alpha value is -5.12. The topological polar surface area (TPSA) is 76.5 Å². The van der Waals surface area contributed by atoms with Gasteiger partial charge in [-0.05, 0) is 60.5 Å². The van der Waals surface area contributed by atoms with E-state index in [4.69, 9.17) is 9.72 Å². The van der Waals surface area contributed by atoms with E-state index in [0.29, 0.717) is 34.6 Å². The van der Waals surface area contributed by atoms with E-state index < -0.39 is 23.8 Å². The second-order valence-electron chi connectivity index (χ2n) is 9.84. The summed E-state index contributed by atoms with van der Waals surface area (Å²) in [7, 11) is 1.51. The third-order valence-corrected chi connectivity index (χ3v) is 7.11. The summed E-state index contributed by atoms with van der Waals surface area (Å²) in [5.41, 5.74) is 0.792. The Bertz CT molecular complexity index is 1790. The largest absolute Gasteiger partial charge is 0.495 e. The van der Waals surface area contributed by atoms with Crippen LogP contribution < -0.4 is 15.6 Å². The van der Waals surface area contributed by atoms with E-state index in [0.717, 1.165) is 17.7 Å². The van der Waals surface area contributed by atoms with Crippen LogP contribution in [0.25, 0.3) is 16.6 Å². The molecule has 0 spiro atoms. The van der Waals surface area contributed by atoms with Crippen LogP contribution >= 0.6 is 0 Å². The highest BCUT2D eigenvalue weighted by Gasteiger charge is 2.32. The van der Waals surface area contributed by atoms with E-state index >= 15 is 0 Å². The number of ether oxygens (including phenoxy) is 1. The van der Waals surface area contributed by atoms with Crippen molar-refractivity contribution in [2.75, 3.05) is 12.4 Å². The zero-order chi connectivity index (χ0) is 30.6. The number of para-hydroxylation sites is 3. The van der Waals surface area contributed by atoms with Gasteiger partial charge in [0.05, 0.1) is 35.3 Å². The lowest BCUT2D eigenvalue weighted by Gasteiger charge is -2.32. The van der Waals surface area contributed by atoms with Gasteiger partial charge in [-0.3, -0.25) is 9.36 Å². The lowest BCUT2D eigenvalue weighted by Crippen LogP contribution is -2.40. The summed E-state index contributed by atoms with van der Waals surface area (Å²) in [5, 5.41) is 3.14. The average molecular weight is 587 g/mol. The number of carbonyl (C=O) groups is 1. The number of hydrogen-bond acceptors (Lipinski definition) is 4. The fourth-order valence-electron chi connectivity index (χ4n) is 5.00. The summed E-state index contributed by atoms with van der Waals surface area (Å²) in [6.07, 6.45) is -4.13. The lowest BCUT2D eigenvalue weighted by atomic mass is 10.1. The van der Waals surface area contributed by atoms with Gasteiger partial charge >= 0.3 is 12.2 Å². The number of amides is 2. The summed E-state index contributed by atoms with van der Waals surface area (Å²) in [5.74, 6) is 0.760. The molecule has 1 heterocycles. The molecule has 0 aliphatic rings. The van der Waals surface area contributed by atoms with Crippen LogP contribution in [0.4, 0.5) is 23.7 Å². The molecule has 0 bridgehead atoms. The number of alkyl halides is 3. The SMILES string of the molecule is CCC(c1nc2ccccc2c(=O)n1-c1ccccc1OC)N(Cc1ccccc1)C(=O)Nc1ccc(C(F)(F)F)cc1. The Morgan fingerprint density at radius 3 is 2.26 bits per heavy atom. The molecule has 7 nitrogen and oxygen atoms in total. The zero-order valence-electron chi connectivity index (χ0n) is 23.5. The van der Waals surface area contributed by atoms with Gasteiger partial charge in [0.1, 0.15) is 11.6 Å². The molecule has 1 N–H and O–H groups in total. The third kappa shape index (κ3) is 6.23. The first-order chi connectivity index (χ1) is 20.7. The van der Waals surface area contributed by atoms with Crippen LogP contribution in [0.15, 0.2) is 108 Å². The minimum atomic E-state index is -4.50. The van der Waals surface area contributed by atoms with Gasteiger partial charge in [0.25, 0.3) is 5.56 Å². The van der Waals surface area contributed by atoms with Crippen molar-refractivity contribution in [1.29, 1.82) is 0 Å². The van der Waals surface area contributed by atoms with Crippen LogP contribution in [0.1, 0.15) is 36.3 Å². The molecule has 10 heteroatoms. The van der Waals surface area contributed by atoms with Crippen molar-refractivity contribution < 1.29 is 22.7 Å². The monoisotopic (exact) mass is 586 g/mol. The van der Waals surface area contributed by atoms with Crippen LogP contribution in [-0.4, -0.2) is 27.6 Å². The fourth-order valence-corrected chi connectivity index (χ4v) is 5.00. The number of fused-ring (bicyclic) bond motifs is 1. The number of methoxy groups -OCH3 is 1. The number of hydrogen-bond donors (Lipinski definition) is 1. The smallest absolute Gasteiger partial charge is 0.416 e. The number of nitrogens with one attached hydrogen (secondary N) is 1. The Balaban J connectivity index is 1.65. The van der Waals surface area contributed by atoms with Crippen molar-refractivity contribution in [3.05, 3.63) is 130 Å². The Kier molecular flexibility index (Phi) is 8.47. The average Bonchev–Trinajstić information content (AvgIpc) is 3.01. The summed E-state index contributed by atoms with van der Waals surface area (Å²) in [6, 6.07) is 26.3. The van der Waals surface area contributed by atoms with Crippen LogP contribution in [-0.2, 0) is 12.7 Å². The molecule has 1 unspecified atom stereocenters. The molecular weight excluding hydrogens is 557 g/mol. The van der Waals surface area contributed by atoms with Gasteiger partial charge in [-0.25, -0.2) is 9.78 Å². The van der Waals surface area contributed by atoms with Gasteiger partial charge < -0.3 is 15.0 Å². The molecule has 0 saturated carbocycles. The normalized spacial score (nSPS) is 12.1. The summed E-state index contributed by atoms with van der Waals surface area (Å²) in [6.45, 7) is 2.02. The van der Waals surface area contributed by atoms with Gasteiger partial charge in [-0.1, -0.05) is 61.5 Å². The van der Waals surface area contributed by atoms with Crippen LogP contribution in [0.5, 0.6) is 5.75 Å². The van der Waals surface area contributed by atoms with Gasteiger partial charge in [-0.15, -0.1) is 0 Å². The highest BCUT2D eigenvalue weighted by Crippen LogP contribution is 2.32. The van der Waals surface area contributed by atoms with Crippen molar-refractivity contribution in [3.8, 4) is 11.4 Å². The predicted octanol–water partition coefficient (Wildman–Crippen LogP) is 7.60. The van der Waals surface area contributed by atoms with E-state index in [-0.39, 0.29) is 17.8 Å². The maximum Gasteiger partial charge on any atom is 0.416 e. The van der Waals surface area contributed by atoms with E-state index in [1.165, 1.54) is 28.7 Å². The minimum absolute atomic E-state index is 0.139. The van der Waals surface area contributed by atoms with Gasteiger partial charge in [-0.2, -0.15) is 13.2 Å². The second-order valence-corrected chi connectivity index (χ2v) is 9.84. The number of urea groups is 1. The molecule has 1 aromatic heterocycles. The third-order valence-electron chi connectivity index (χ3n) is 7.11. The number of benzene rings is 4. The molecule has 5 aromatic rings. The number of nitrogens with zero attached hydrogens (tertiary/aromatic N) is 3. The molecule has 0 radical (unpaired) electrons. The summed E-state index contributed by atoms with van der Waals surface area (Å²) >= 11 is 0. The molecule has 0 saturated heterocycles. The number of anilines is 1. The number of halogens is 3. The molecule has 43 heavy (non-hydrogen) atoms. The molecule has 4 aromatic carbocycles. The van der Waals surface area contributed by atoms with Crippen LogP contribution in [0, 0.1) is 0 Å². The fraction of sp³-hybridized carbons (Fsp3) is 0.182. The molecule has 220 valence electrons. The molecule has 1 atom stereocenters. The summed E-state index contributed by atoms with van der Waals surface area (Å²) in [4.78, 5) is 34.4. The second kappa shape index (κ2) is 12.4. The minimum Gasteiger partial charge on any atom is -0.495 e. The lowest BCUT2D eigenvalue weighted by molar-refractivity contribution is -0.137. The molecule has 2 amide bonds. The quantitative estimate of drug-likeness (QED) is 0.203. The number of carbonyl (C=O) groups excluding carboxylic acids is 1. The Morgan fingerprint density at radius 2 is 1.58 bits per heavy atom. The molecule has 0 aliphatic heterocycles. The molecule has 5 rings (SSSR count). The first-order valence-electron chi connectivity index (χ1n) is 13.6. The van der Waals surface area contributed by atoms with E-state index in [1.807, 2.05) is 37.3 Å². The van der Waals surface area contributed by atoms with Crippen molar-refractivity contribution in [1.82, 2.24) is 14.5 Å².